The maximum absolute atomic E-state index is 12.3. The number of carbonyl (C=O) groups is 1. The van der Waals surface area contributed by atoms with Crippen molar-refractivity contribution in [2.75, 3.05) is 11.1 Å². The Morgan fingerprint density at radius 1 is 1.22 bits per heavy atom. The molecule has 7 nitrogen and oxygen atoms in total. The Morgan fingerprint density at radius 3 is 2.70 bits per heavy atom. The van der Waals surface area contributed by atoms with Gasteiger partial charge in [0.2, 0.25) is 11.1 Å². The number of aromatic nitrogens is 5. The summed E-state index contributed by atoms with van der Waals surface area (Å²) >= 11 is 2.74. The van der Waals surface area contributed by atoms with E-state index in [4.69, 9.17) is 0 Å². The van der Waals surface area contributed by atoms with E-state index >= 15 is 0 Å². The molecular weight excluding hydrogens is 380 g/mol. The maximum atomic E-state index is 12.3. The lowest BCUT2D eigenvalue weighted by Crippen LogP contribution is -2.15. The average molecular weight is 403 g/mol. The number of hydrogen-bond acceptors (Lipinski definition) is 7. The first-order chi connectivity index (χ1) is 12.8. The SMILES string of the molecule is Cc1cc(C)c(-c2csc(NC(=O)CSc3nnnn3C(C)C)n2)cc1C. The normalized spacial score (nSPS) is 11.2. The summed E-state index contributed by atoms with van der Waals surface area (Å²) in [5.41, 5.74) is 5.65. The molecule has 0 spiro atoms. The predicted octanol–water partition coefficient (Wildman–Crippen LogP) is 4.03. The number of amides is 1. The molecule has 0 saturated heterocycles. The van der Waals surface area contributed by atoms with Gasteiger partial charge in [0, 0.05) is 10.9 Å². The second-order valence-electron chi connectivity index (χ2n) is 6.63. The first kappa shape index (κ1) is 19.5. The van der Waals surface area contributed by atoms with E-state index < -0.39 is 0 Å². The lowest BCUT2D eigenvalue weighted by molar-refractivity contribution is -0.113. The van der Waals surface area contributed by atoms with Crippen LogP contribution in [0, 0.1) is 20.8 Å². The van der Waals surface area contributed by atoms with Crippen LogP contribution in [0.2, 0.25) is 0 Å². The quantitative estimate of drug-likeness (QED) is 0.627. The number of benzene rings is 1. The highest BCUT2D eigenvalue weighted by atomic mass is 32.2. The van der Waals surface area contributed by atoms with Gasteiger partial charge in [-0.25, -0.2) is 9.67 Å². The third kappa shape index (κ3) is 4.54. The summed E-state index contributed by atoms with van der Waals surface area (Å²) in [5.74, 6) is 0.0982. The number of anilines is 1. The third-order valence-electron chi connectivity index (χ3n) is 4.15. The summed E-state index contributed by atoms with van der Waals surface area (Å²) in [4.78, 5) is 16.8. The first-order valence-electron chi connectivity index (χ1n) is 8.59. The largest absolute Gasteiger partial charge is 0.301 e. The van der Waals surface area contributed by atoms with E-state index in [0.29, 0.717) is 10.3 Å². The van der Waals surface area contributed by atoms with Crippen molar-refractivity contribution in [1.29, 1.82) is 0 Å². The van der Waals surface area contributed by atoms with Gasteiger partial charge in [0.25, 0.3) is 0 Å². The van der Waals surface area contributed by atoms with Crippen LogP contribution in [0.25, 0.3) is 11.3 Å². The summed E-state index contributed by atoms with van der Waals surface area (Å²) < 4.78 is 1.70. The fourth-order valence-electron chi connectivity index (χ4n) is 2.58. The van der Waals surface area contributed by atoms with Crippen molar-refractivity contribution < 1.29 is 4.79 Å². The van der Waals surface area contributed by atoms with E-state index in [9.17, 15) is 4.79 Å². The van der Waals surface area contributed by atoms with Crippen LogP contribution in [0.1, 0.15) is 36.6 Å². The van der Waals surface area contributed by atoms with Crippen molar-refractivity contribution in [2.45, 2.75) is 45.8 Å². The van der Waals surface area contributed by atoms with Gasteiger partial charge in [-0.3, -0.25) is 4.79 Å². The second-order valence-corrected chi connectivity index (χ2v) is 8.43. The van der Waals surface area contributed by atoms with Crippen LogP contribution >= 0.6 is 23.1 Å². The Balaban J connectivity index is 1.65. The van der Waals surface area contributed by atoms with E-state index in [1.54, 1.807) is 4.68 Å². The van der Waals surface area contributed by atoms with Crippen molar-refractivity contribution in [3.63, 3.8) is 0 Å². The molecule has 0 atom stereocenters. The van der Waals surface area contributed by atoms with Crippen molar-refractivity contribution in [3.8, 4) is 11.3 Å². The van der Waals surface area contributed by atoms with E-state index in [2.05, 4.69) is 58.7 Å². The van der Waals surface area contributed by atoms with Crippen LogP contribution in [0.15, 0.2) is 22.7 Å². The molecule has 0 bridgehead atoms. The Hall–Kier alpha value is -2.26. The number of tetrazole rings is 1. The maximum Gasteiger partial charge on any atom is 0.236 e. The topological polar surface area (TPSA) is 85.6 Å². The molecule has 27 heavy (non-hydrogen) atoms. The van der Waals surface area contributed by atoms with Gasteiger partial charge in [0.15, 0.2) is 5.13 Å². The minimum Gasteiger partial charge on any atom is -0.301 e. The molecule has 142 valence electrons. The fraction of sp³-hybridized carbons (Fsp3) is 0.389. The van der Waals surface area contributed by atoms with Gasteiger partial charge >= 0.3 is 0 Å². The standard InChI is InChI=1S/C18H22N6OS2/c1-10(2)24-18(21-22-23-24)27-9-16(25)20-17-19-15(8-26-17)14-7-12(4)11(3)6-13(14)5/h6-8,10H,9H2,1-5H3,(H,19,20,25). The van der Waals surface area contributed by atoms with Crippen molar-refractivity contribution in [1.82, 2.24) is 25.2 Å². The summed E-state index contributed by atoms with van der Waals surface area (Å²) in [6, 6.07) is 4.46. The fourth-order valence-corrected chi connectivity index (χ4v) is 4.11. The molecule has 2 heterocycles. The van der Waals surface area contributed by atoms with Crippen LogP contribution in [0.4, 0.5) is 5.13 Å². The van der Waals surface area contributed by atoms with Gasteiger partial charge in [0.1, 0.15) is 0 Å². The summed E-state index contributed by atoms with van der Waals surface area (Å²) in [6.07, 6.45) is 0. The number of thioether (sulfide) groups is 1. The predicted molar refractivity (Wildman–Crippen MR) is 109 cm³/mol. The molecule has 0 unspecified atom stereocenters. The zero-order valence-electron chi connectivity index (χ0n) is 16.0. The monoisotopic (exact) mass is 402 g/mol. The molecule has 2 aromatic heterocycles. The molecular formula is C18H22N6OS2. The Bertz CT molecular complexity index is 963. The van der Waals surface area contributed by atoms with Gasteiger partial charge in [-0.15, -0.1) is 16.4 Å². The molecule has 0 fully saturated rings. The molecule has 1 N–H and O–H groups in total. The highest BCUT2D eigenvalue weighted by Crippen LogP contribution is 2.29. The van der Waals surface area contributed by atoms with Gasteiger partial charge in [0.05, 0.1) is 17.5 Å². The minimum atomic E-state index is -0.129. The van der Waals surface area contributed by atoms with Gasteiger partial charge in [-0.1, -0.05) is 17.8 Å². The second kappa shape index (κ2) is 8.18. The average Bonchev–Trinajstić information content (AvgIpc) is 3.25. The highest BCUT2D eigenvalue weighted by Gasteiger charge is 2.14. The summed E-state index contributed by atoms with van der Waals surface area (Å²) in [6.45, 7) is 10.3. The van der Waals surface area contributed by atoms with E-state index in [1.807, 2.05) is 19.2 Å². The molecule has 0 aliphatic carbocycles. The lowest BCUT2D eigenvalue weighted by atomic mass is 9.99. The first-order valence-corrected chi connectivity index (χ1v) is 10.5. The van der Waals surface area contributed by atoms with E-state index in [1.165, 1.54) is 39.8 Å². The number of hydrogen-bond donors (Lipinski definition) is 1. The zero-order valence-corrected chi connectivity index (χ0v) is 17.6. The third-order valence-corrected chi connectivity index (χ3v) is 5.84. The van der Waals surface area contributed by atoms with E-state index in [0.717, 1.165) is 11.3 Å². The summed E-state index contributed by atoms with van der Waals surface area (Å²) in [7, 11) is 0. The molecule has 0 aliphatic rings. The van der Waals surface area contributed by atoms with Crippen LogP contribution < -0.4 is 5.32 Å². The molecule has 3 aromatic rings. The summed E-state index contributed by atoms with van der Waals surface area (Å²) in [5, 5.41) is 17.6. The van der Waals surface area contributed by atoms with Crippen LogP contribution in [0.3, 0.4) is 0 Å². The number of nitrogens with zero attached hydrogens (tertiary/aromatic N) is 5. The van der Waals surface area contributed by atoms with Crippen LogP contribution in [0.5, 0.6) is 0 Å². The van der Waals surface area contributed by atoms with Gasteiger partial charge in [-0.05, 0) is 67.8 Å². The molecule has 3 rings (SSSR count). The number of thiazole rings is 1. The lowest BCUT2D eigenvalue weighted by Gasteiger charge is -2.08. The number of nitrogens with one attached hydrogen (secondary N) is 1. The number of aryl methyl sites for hydroxylation is 3. The van der Waals surface area contributed by atoms with E-state index in [-0.39, 0.29) is 17.7 Å². The Morgan fingerprint density at radius 2 is 1.96 bits per heavy atom. The molecule has 0 saturated carbocycles. The highest BCUT2D eigenvalue weighted by molar-refractivity contribution is 7.99. The van der Waals surface area contributed by atoms with Crippen LogP contribution in [-0.2, 0) is 4.79 Å². The number of carbonyl (C=O) groups excluding carboxylic acids is 1. The van der Waals surface area contributed by atoms with Crippen molar-refractivity contribution >= 4 is 34.1 Å². The minimum absolute atomic E-state index is 0.129. The van der Waals surface area contributed by atoms with Crippen LogP contribution in [-0.4, -0.2) is 36.9 Å². The molecule has 9 heteroatoms. The molecule has 0 radical (unpaired) electrons. The smallest absolute Gasteiger partial charge is 0.236 e. The molecule has 1 aromatic carbocycles. The Kier molecular flexibility index (Phi) is 5.91. The molecule has 0 aliphatic heterocycles. The van der Waals surface area contributed by atoms with Crippen molar-refractivity contribution in [3.05, 3.63) is 34.2 Å². The van der Waals surface area contributed by atoms with Crippen molar-refractivity contribution in [2.24, 2.45) is 0 Å². The number of rotatable bonds is 6. The van der Waals surface area contributed by atoms with Gasteiger partial charge in [-0.2, -0.15) is 0 Å². The molecule has 1 amide bonds. The van der Waals surface area contributed by atoms with Gasteiger partial charge < -0.3 is 5.32 Å². The zero-order chi connectivity index (χ0) is 19.6. The Labute approximate surface area is 166 Å².